The number of hydrogen-bond donors (Lipinski definition) is 3. The average molecular weight is 301 g/mol. The van der Waals surface area contributed by atoms with Gasteiger partial charge in [-0.05, 0) is 55.0 Å². The second-order valence-corrected chi connectivity index (χ2v) is 6.69. The highest BCUT2D eigenvalue weighted by Crippen LogP contribution is 2.25. The molecule has 0 bridgehead atoms. The van der Waals surface area contributed by atoms with Crippen molar-refractivity contribution in [3.05, 3.63) is 29.3 Å². The maximum absolute atomic E-state index is 12.4. The Labute approximate surface area is 130 Å². The van der Waals surface area contributed by atoms with Crippen LogP contribution in [0.1, 0.15) is 42.1 Å². The zero-order valence-corrected chi connectivity index (χ0v) is 13.0. The first kappa shape index (κ1) is 15.0. The van der Waals surface area contributed by atoms with Gasteiger partial charge in [0.1, 0.15) is 0 Å². The predicted molar refractivity (Wildman–Crippen MR) is 85.9 cm³/mol. The quantitative estimate of drug-likeness (QED) is 0.795. The first-order valence-corrected chi connectivity index (χ1v) is 7.97. The summed E-state index contributed by atoms with van der Waals surface area (Å²) in [5.74, 6) is 0.00826. The number of hydrogen-bond acceptors (Lipinski definition) is 3. The van der Waals surface area contributed by atoms with Crippen LogP contribution in [-0.4, -0.2) is 31.4 Å². The Kier molecular flexibility index (Phi) is 4.16. The summed E-state index contributed by atoms with van der Waals surface area (Å²) in [5, 5.41) is 9.29. The zero-order valence-electron chi connectivity index (χ0n) is 13.0. The molecule has 3 rings (SSSR count). The SMILES string of the molecule is CC1(CNC(=O)c2ccc3c(c2)CCC(=O)N3)CCCNC1. The van der Waals surface area contributed by atoms with Crippen molar-refractivity contribution >= 4 is 17.5 Å². The van der Waals surface area contributed by atoms with Crippen LogP contribution >= 0.6 is 0 Å². The molecule has 1 fully saturated rings. The molecule has 5 heteroatoms. The van der Waals surface area contributed by atoms with Crippen molar-refractivity contribution in [2.24, 2.45) is 5.41 Å². The van der Waals surface area contributed by atoms with E-state index in [0.717, 1.165) is 37.2 Å². The van der Waals surface area contributed by atoms with Crippen LogP contribution in [0.4, 0.5) is 5.69 Å². The minimum Gasteiger partial charge on any atom is -0.351 e. The highest BCUT2D eigenvalue weighted by Gasteiger charge is 2.27. The molecule has 1 aromatic carbocycles. The maximum atomic E-state index is 12.4. The molecule has 0 aromatic heterocycles. The highest BCUT2D eigenvalue weighted by atomic mass is 16.2. The number of benzene rings is 1. The van der Waals surface area contributed by atoms with E-state index in [1.54, 1.807) is 6.07 Å². The largest absolute Gasteiger partial charge is 0.351 e. The van der Waals surface area contributed by atoms with E-state index < -0.39 is 0 Å². The van der Waals surface area contributed by atoms with Crippen LogP contribution in [-0.2, 0) is 11.2 Å². The lowest BCUT2D eigenvalue weighted by molar-refractivity contribution is -0.116. The minimum absolute atomic E-state index is 0.0356. The fourth-order valence-electron chi connectivity index (χ4n) is 3.19. The van der Waals surface area contributed by atoms with Gasteiger partial charge < -0.3 is 16.0 Å². The molecule has 1 unspecified atom stereocenters. The van der Waals surface area contributed by atoms with Crippen molar-refractivity contribution in [3.63, 3.8) is 0 Å². The number of fused-ring (bicyclic) bond motifs is 1. The van der Waals surface area contributed by atoms with E-state index in [4.69, 9.17) is 0 Å². The van der Waals surface area contributed by atoms with Crippen molar-refractivity contribution in [2.45, 2.75) is 32.6 Å². The number of anilines is 1. The molecule has 2 aliphatic rings. The van der Waals surface area contributed by atoms with E-state index in [1.807, 2.05) is 12.1 Å². The molecule has 0 radical (unpaired) electrons. The second-order valence-electron chi connectivity index (χ2n) is 6.69. The zero-order chi connectivity index (χ0) is 15.6. The maximum Gasteiger partial charge on any atom is 0.251 e. The van der Waals surface area contributed by atoms with E-state index in [0.29, 0.717) is 24.9 Å². The van der Waals surface area contributed by atoms with Gasteiger partial charge in [0, 0.05) is 30.8 Å². The minimum atomic E-state index is -0.0356. The number of rotatable bonds is 3. The van der Waals surface area contributed by atoms with Crippen molar-refractivity contribution in [1.82, 2.24) is 10.6 Å². The van der Waals surface area contributed by atoms with Crippen LogP contribution < -0.4 is 16.0 Å². The van der Waals surface area contributed by atoms with Gasteiger partial charge in [-0.1, -0.05) is 6.92 Å². The summed E-state index contributed by atoms with van der Waals surface area (Å²) in [6.07, 6.45) is 3.48. The van der Waals surface area contributed by atoms with Gasteiger partial charge in [-0.25, -0.2) is 0 Å². The van der Waals surface area contributed by atoms with E-state index in [2.05, 4.69) is 22.9 Å². The molecule has 0 saturated carbocycles. The molecule has 1 aromatic rings. The smallest absolute Gasteiger partial charge is 0.251 e. The molecule has 1 atom stereocenters. The van der Waals surface area contributed by atoms with Crippen LogP contribution in [0.3, 0.4) is 0 Å². The van der Waals surface area contributed by atoms with Crippen LogP contribution in [0.2, 0.25) is 0 Å². The molecule has 5 nitrogen and oxygen atoms in total. The average Bonchev–Trinajstić information content (AvgIpc) is 2.53. The Morgan fingerprint density at radius 1 is 1.36 bits per heavy atom. The predicted octanol–water partition coefficient (Wildman–Crippen LogP) is 1.69. The molecule has 2 aliphatic heterocycles. The van der Waals surface area contributed by atoms with Crippen molar-refractivity contribution in [1.29, 1.82) is 0 Å². The van der Waals surface area contributed by atoms with Gasteiger partial charge in [0.25, 0.3) is 5.91 Å². The van der Waals surface area contributed by atoms with Gasteiger partial charge in [-0.2, -0.15) is 0 Å². The van der Waals surface area contributed by atoms with Gasteiger partial charge in [-0.15, -0.1) is 0 Å². The lowest BCUT2D eigenvalue weighted by Crippen LogP contribution is -2.45. The van der Waals surface area contributed by atoms with Crippen molar-refractivity contribution in [3.8, 4) is 0 Å². The lowest BCUT2D eigenvalue weighted by Gasteiger charge is -2.34. The Morgan fingerprint density at radius 2 is 2.23 bits per heavy atom. The number of aryl methyl sites for hydroxylation is 1. The molecule has 3 N–H and O–H groups in total. The molecule has 2 amide bonds. The fourth-order valence-corrected chi connectivity index (χ4v) is 3.19. The monoisotopic (exact) mass is 301 g/mol. The van der Waals surface area contributed by atoms with Gasteiger partial charge >= 0.3 is 0 Å². The Bertz CT molecular complexity index is 592. The van der Waals surface area contributed by atoms with Crippen molar-refractivity contribution < 1.29 is 9.59 Å². The number of carbonyl (C=O) groups excluding carboxylic acids is 2. The fraction of sp³-hybridized carbons (Fsp3) is 0.529. The summed E-state index contributed by atoms with van der Waals surface area (Å²) < 4.78 is 0. The first-order chi connectivity index (χ1) is 10.6. The summed E-state index contributed by atoms with van der Waals surface area (Å²) >= 11 is 0. The highest BCUT2D eigenvalue weighted by molar-refractivity contribution is 5.97. The summed E-state index contributed by atoms with van der Waals surface area (Å²) in [6.45, 7) is 4.91. The van der Waals surface area contributed by atoms with Gasteiger partial charge in [0.15, 0.2) is 0 Å². The van der Waals surface area contributed by atoms with Crippen LogP contribution in [0.5, 0.6) is 0 Å². The Balaban J connectivity index is 1.64. The van der Waals surface area contributed by atoms with Crippen molar-refractivity contribution in [2.75, 3.05) is 25.0 Å². The normalized spacial score (nSPS) is 24.3. The molecule has 0 spiro atoms. The van der Waals surface area contributed by atoms with Crippen LogP contribution in [0.25, 0.3) is 0 Å². The summed E-state index contributed by atoms with van der Waals surface area (Å²) in [6, 6.07) is 5.50. The summed E-state index contributed by atoms with van der Waals surface area (Å²) in [7, 11) is 0. The van der Waals surface area contributed by atoms with Gasteiger partial charge in [0.2, 0.25) is 5.91 Å². The van der Waals surface area contributed by atoms with E-state index in [-0.39, 0.29) is 17.2 Å². The molecule has 0 aliphatic carbocycles. The molecule has 22 heavy (non-hydrogen) atoms. The third-order valence-electron chi connectivity index (χ3n) is 4.62. The number of carbonyl (C=O) groups is 2. The topological polar surface area (TPSA) is 70.2 Å². The molecule has 118 valence electrons. The number of nitrogens with one attached hydrogen (secondary N) is 3. The Hall–Kier alpha value is -1.88. The van der Waals surface area contributed by atoms with Crippen LogP contribution in [0.15, 0.2) is 18.2 Å². The van der Waals surface area contributed by atoms with Gasteiger partial charge in [-0.3, -0.25) is 9.59 Å². The third kappa shape index (κ3) is 3.30. The first-order valence-electron chi connectivity index (χ1n) is 7.97. The standard InChI is InChI=1S/C17H23N3O2/c1-17(7-2-8-18-10-17)11-19-16(22)13-3-5-14-12(9-13)4-6-15(21)20-14/h3,5,9,18H,2,4,6-8,10-11H2,1H3,(H,19,22)(H,20,21). The third-order valence-corrected chi connectivity index (χ3v) is 4.62. The second kappa shape index (κ2) is 6.08. The Morgan fingerprint density at radius 3 is 3.00 bits per heavy atom. The number of piperidine rings is 1. The lowest BCUT2D eigenvalue weighted by atomic mass is 9.83. The van der Waals surface area contributed by atoms with Gasteiger partial charge in [0.05, 0.1) is 0 Å². The molecule has 1 saturated heterocycles. The molecular formula is C17H23N3O2. The van der Waals surface area contributed by atoms with E-state index in [1.165, 1.54) is 0 Å². The van der Waals surface area contributed by atoms with E-state index >= 15 is 0 Å². The molecule has 2 heterocycles. The van der Waals surface area contributed by atoms with E-state index in [9.17, 15) is 9.59 Å². The van der Waals surface area contributed by atoms with Crippen LogP contribution in [0, 0.1) is 5.41 Å². The number of amides is 2. The summed E-state index contributed by atoms with van der Waals surface area (Å²) in [5.41, 5.74) is 2.67. The molecular weight excluding hydrogens is 278 g/mol. The summed E-state index contributed by atoms with van der Waals surface area (Å²) in [4.78, 5) is 23.7.